The number of rotatable bonds is 8. The summed E-state index contributed by atoms with van der Waals surface area (Å²) < 4.78 is 11.2. The van der Waals surface area contributed by atoms with Crippen LogP contribution in [0, 0.1) is 0 Å². The molecule has 116 valence electrons. The van der Waals surface area contributed by atoms with E-state index in [1.165, 1.54) is 0 Å². The lowest BCUT2D eigenvalue weighted by molar-refractivity contribution is 0.111. The third-order valence-electron chi connectivity index (χ3n) is 3.70. The van der Waals surface area contributed by atoms with E-state index >= 15 is 0 Å². The van der Waals surface area contributed by atoms with Crippen LogP contribution in [0.5, 0.6) is 11.5 Å². The molecule has 0 N–H and O–H groups in total. The van der Waals surface area contributed by atoms with Crippen molar-refractivity contribution in [2.45, 2.75) is 26.2 Å². The number of carbonyl (C=O) groups excluding carboxylic acids is 1. The van der Waals surface area contributed by atoms with Crippen LogP contribution in [0.15, 0.2) is 48.5 Å². The Balaban J connectivity index is 1.91. The van der Waals surface area contributed by atoms with E-state index in [9.17, 15) is 4.79 Å². The smallest absolute Gasteiger partial charge is 0.153 e. The van der Waals surface area contributed by atoms with Gasteiger partial charge < -0.3 is 9.47 Å². The van der Waals surface area contributed by atoms with E-state index < -0.39 is 0 Å². The van der Waals surface area contributed by atoms with Gasteiger partial charge in [0.1, 0.15) is 24.7 Å². The second-order valence-corrected chi connectivity index (χ2v) is 5.23. The van der Waals surface area contributed by atoms with Crippen molar-refractivity contribution in [2.75, 3.05) is 13.2 Å². The summed E-state index contributed by atoms with van der Waals surface area (Å²) in [5.41, 5.74) is 1.76. The number of hydrogen-bond acceptors (Lipinski definition) is 3. The molecule has 1 atom stereocenters. The number of benzene rings is 2. The maximum atomic E-state index is 11.2. The van der Waals surface area contributed by atoms with Crippen LogP contribution in [0.25, 0.3) is 0 Å². The van der Waals surface area contributed by atoms with E-state index in [-0.39, 0.29) is 0 Å². The van der Waals surface area contributed by atoms with Gasteiger partial charge >= 0.3 is 0 Å². The standard InChI is InChI=1S/C19H22O3/c1-3-15(2)16-9-10-19(17(13-16)14-20)22-12-11-21-18-7-5-4-6-8-18/h4-10,13-15H,3,11-12H2,1-2H3. The minimum absolute atomic E-state index is 0.401. The van der Waals surface area contributed by atoms with Gasteiger partial charge in [-0.15, -0.1) is 0 Å². The quantitative estimate of drug-likeness (QED) is 0.533. The van der Waals surface area contributed by atoms with E-state index in [0.29, 0.717) is 30.4 Å². The summed E-state index contributed by atoms with van der Waals surface area (Å²) in [6.07, 6.45) is 1.89. The van der Waals surface area contributed by atoms with E-state index in [1.807, 2.05) is 48.5 Å². The summed E-state index contributed by atoms with van der Waals surface area (Å²) in [5, 5.41) is 0. The third kappa shape index (κ3) is 4.35. The Kier molecular flexibility index (Phi) is 6.01. The monoisotopic (exact) mass is 298 g/mol. The number of carbonyl (C=O) groups is 1. The van der Waals surface area contributed by atoms with Crippen molar-refractivity contribution >= 4 is 6.29 Å². The van der Waals surface area contributed by atoms with Crippen LogP contribution in [-0.4, -0.2) is 19.5 Å². The van der Waals surface area contributed by atoms with Crippen molar-refractivity contribution in [1.29, 1.82) is 0 Å². The first-order valence-electron chi connectivity index (χ1n) is 7.64. The van der Waals surface area contributed by atoms with E-state index in [2.05, 4.69) is 13.8 Å². The van der Waals surface area contributed by atoms with Gasteiger partial charge in [-0.25, -0.2) is 0 Å². The molecule has 22 heavy (non-hydrogen) atoms. The predicted molar refractivity (Wildman–Crippen MR) is 88.0 cm³/mol. The Morgan fingerprint density at radius 3 is 2.45 bits per heavy atom. The molecule has 3 nitrogen and oxygen atoms in total. The van der Waals surface area contributed by atoms with Crippen molar-refractivity contribution in [2.24, 2.45) is 0 Å². The van der Waals surface area contributed by atoms with Crippen LogP contribution in [-0.2, 0) is 0 Å². The molecule has 0 radical (unpaired) electrons. The van der Waals surface area contributed by atoms with E-state index in [4.69, 9.17) is 9.47 Å². The number of aldehydes is 1. The summed E-state index contributed by atoms with van der Waals surface area (Å²) in [5.74, 6) is 1.86. The van der Waals surface area contributed by atoms with E-state index in [1.54, 1.807) is 0 Å². The number of ether oxygens (including phenoxy) is 2. The van der Waals surface area contributed by atoms with E-state index in [0.717, 1.165) is 24.0 Å². The molecular formula is C19H22O3. The molecular weight excluding hydrogens is 276 g/mol. The third-order valence-corrected chi connectivity index (χ3v) is 3.70. The highest BCUT2D eigenvalue weighted by molar-refractivity contribution is 5.79. The molecule has 0 aromatic heterocycles. The van der Waals surface area contributed by atoms with Crippen molar-refractivity contribution < 1.29 is 14.3 Å². The summed E-state index contributed by atoms with van der Waals surface area (Å²) in [6.45, 7) is 5.13. The van der Waals surface area contributed by atoms with Crippen molar-refractivity contribution in [1.82, 2.24) is 0 Å². The van der Waals surface area contributed by atoms with Gasteiger partial charge in [0, 0.05) is 0 Å². The first-order valence-corrected chi connectivity index (χ1v) is 7.64. The van der Waals surface area contributed by atoms with Gasteiger partial charge in [-0.1, -0.05) is 38.1 Å². The SMILES string of the molecule is CCC(C)c1ccc(OCCOc2ccccc2)c(C=O)c1. The molecule has 0 fully saturated rings. The Bertz CT molecular complexity index is 593. The molecule has 0 aliphatic rings. The van der Waals surface area contributed by atoms with Crippen molar-refractivity contribution in [3.8, 4) is 11.5 Å². The zero-order valence-electron chi connectivity index (χ0n) is 13.1. The Labute approximate surface area is 131 Å². The van der Waals surface area contributed by atoms with Gasteiger partial charge in [0.2, 0.25) is 0 Å². The average Bonchev–Trinajstić information content (AvgIpc) is 2.59. The summed E-state index contributed by atoms with van der Waals surface area (Å²) in [6, 6.07) is 15.4. The lowest BCUT2D eigenvalue weighted by Crippen LogP contribution is -2.10. The van der Waals surface area contributed by atoms with Gasteiger partial charge in [0.05, 0.1) is 5.56 Å². The first kappa shape index (κ1) is 16.1. The zero-order chi connectivity index (χ0) is 15.8. The summed E-state index contributed by atoms with van der Waals surface area (Å²) in [7, 11) is 0. The van der Waals surface area contributed by atoms with Gasteiger partial charge in [0.15, 0.2) is 6.29 Å². The highest BCUT2D eigenvalue weighted by Crippen LogP contribution is 2.25. The summed E-state index contributed by atoms with van der Waals surface area (Å²) >= 11 is 0. The fraction of sp³-hybridized carbons (Fsp3) is 0.316. The average molecular weight is 298 g/mol. The minimum atomic E-state index is 0.401. The topological polar surface area (TPSA) is 35.5 Å². The molecule has 0 aliphatic heterocycles. The summed E-state index contributed by atoms with van der Waals surface area (Å²) in [4.78, 5) is 11.2. The molecule has 0 saturated heterocycles. The van der Waals surface area contributed by atoms with Gasteiger partial charge in [-0.2, -0.15) is 0 Å². The molecule has 2 aromatic rings. The highest BCUT2D eigenvalue weighted by atomic mass is 16.5. The maximum Gasteiger partial charge on any atom is 0.153 e. The lowest BCUT2D eigenvalue weighted by atomic mass is 9.97. The van der Waals surface area contributed by atoms with Gasteiger partial charge in [0.25, 0.3) is 0 Å². The van der Waals surface area contributed by atoms with Gasteiger partial charge in [-0.3, -0.25) is 4.79 Å². The maximum absolute atomic E-state index is 11.2. The molecule has 0 heterocycles. The number of para-hydroxylation sites is 1. The van der Waals surface area contributed by atoms with Crippen LogP contribution in [0.3, 0.4) is 0 Å². The van der Waals surface area contributed by atoms with Gasteiger partial charge in [-0.05, 0) is 42.2 Å². The largest absolute Gasteiger partial charge is 0.490 e. The fourth-order valence-corrected chi connectivity index (χ4v) is 2.16. The van der Waals surface area contributed by atoms with Crippen LogP contribution < -0.4 is 9.47 Å². The molecule has 0 aliphatic carbocycles. The van der Waals surface area contributed by atoms with Crippen LogP contribution in [0.2, 0.25) is 0 Å². The van der Waals surface area contributed by atoms with Crippen LogP contribution in [0.1, 0.15) is 42.1 Å². The van der Waals surface area contributed by atoms with Crippen LogP contribution in [0.4, 0.5) is 0 Å². The molecule has 0 bridgehead atoms. The zero-order valence-corrected chi connectivity index (χ0v) is 13.1. The molecule has 3 heteroatoms. The highest BCUT2D eigenvalue weighted by Gasteiger charge is 2.08. The first-order chi connectivity index (χ1) is 10.7. The molecule has 1 unspecified atom stereocenters. The molecule has 0 saturated carbocycles. The lowest BCUT2D eigenvalue weighted by Gasteiger charge is -2.13. The normalized spacial score (nSPS) is 11.7. The second kappa shape index (κ2) is 8.23. The molecule has 2 aromatic carbocycles. The molecule has 0 amide bonds. The Hall–Kier alpha value is -2.29. The Morgan fingerprint density at radius 2 is 1.77 bits per heavy atom. The molecule has 0 spiro atoms. The Morgan fingerprint density at radius 1 is 1.05 bits per heavy atom. The second-order valence-electron chi connectivity index (χ2n) is 5.23. The number of hydrogen-bond donors (Lipinski definition) is 0. The molecule has 2 rings (SSSR count). The fourth-order valence-electron chi connectivity index (χ4n) is 2.16. The van der Waals surface area contributed by atoms with Crippen molar-refractivity contribution in [3.63, 3.8) is 0 Å². The predicted octanol–water partition coefficient (Wildman–Crippen LogP) is 4.47. The van der Waals surface area contributed by atoms with Crippen LogP contribution >= 0.6 is 0 Å². The minimum Gasteiger partial charge on any atom is -0.490 e. The van der Waals surface area contributed by atoms with Crippen molar-refractivity contribution in [3.05, 3.63) is 59.7 Å².